The maximum absolute atomic E-state index is 12.8. The second kappa shape index (κ2) is 52.4. The number of ether oxygens (including phenoxy) is 3. The molecule has 0 spiro atoms. The minimum absolute atomic E-state index is 0.127. The number of carbonyl (C=O) groups is 3. The standard InChI is InChI=1S/C60H88O6/c1-4-7-10-13-16-19-22-24-26-28-30-32-33-35-38-41-44-47-50-53-59(62)65-56-57(55-64-58(61)52-49-46-43-40-37-21-18-15-12-9-6-3)66-60(63)54-51-48-45-42-39-36-34-31-29-27-25-23-20-17-14-11-8-5-2/h7,10-11,13-35,37-38,57H,4-6,8-9,12,36,39-56H2,1-3H3/b10-7-,14-11-,16-13-,18-15-,20-17-,22-19-,25-23-,26-24-,29-27-,30-28+,33-32-,34-31-,37-21-,38-35-. The molecule has 1 atom stereocenters. The van der Waals surface area contributed by atoms with Gasteiger partial charge in [0, 0.05) is 19.3 Å². The first kappa shape index (κ1) is 60.8. The van der Waals surface area contributed by atoms with Crippen LogP contribution in [0.5, 0.6) is 0 Å². The third kappa shape index (κ3) is 49.8. The first-order valence-electron chi connectivity index (χ1n) is 25.3. The zero-order valence-corrected chi connectivity index (χ0v) is 41.4. The molecule has 66 heavy (non-hydrogen) atoms. The molecule has 364 valence electrons. The summed E-state index contributed by atoms with van der Waals surface area (Å²) in [6.45, 7) is 6.22. The molecule has 0 aromatic rings. The van der Waals surface area contributed by atoms with Crippen LogP contribution < -0.4 is 0 Å². The molecule has 0 heterocycles. The number of esters is 3. The fourth-order valence-corrected chi connectivity index (χ4v) is 5.96. The summed E-state index contributed by atoms with van der Waals surface area (Å²) in [5.74, 6) is -1.04. The van der Waals surface area contributed by atoms with Crippen molar-refractivity contribution >= 4 is 17.9 Å². The summed E-state index contributed by atoms with van der Waals surface area (Å²) in [7, 11) is 0. The molecule has 1 unspecified atom stereocenters. The Balaban J connectivity index is 4.61. The van der Waals surface area contributed by atoms with Gasteiger partial charge in [0.15, 0.2) is 6.10 Å². The van der Waals surface area contributed by atoms with Crippen LogP contribution in [0.25, 0.3) is 0 Å². The third-order valence-electron chi connectivity index (χ3n) is 9.76. The Labute approximate surface area is 402 Å². The Morgan fingerprint density at radius 1 is 0.318 bits per heavy atom. The van der Waals surface area contributed by atoms with Gasteiger partial charge >= 0.3 is 17.9 Å². The predicted octanol–water partition coefficient (Wildman–Crippen LogP) is 16.8. The van der Waals surface area contributed by atoms with E-state index in [1.165, 1.54) is 19.3 Å². The van der Waals surface area contributed by atoms with Crippen molar-refractivity contribution in [3.63, 3.8) is 0 Å². The lowest BCUT2D eigenvalue weighted by Gasteiger charge is -2.18. The normalized spacial score (nSPS) is 13.6. The lowest BCUT2D eigenvalue weighted by Crippen LogP contribution is -2.30. The van der Waals surface area contributed by atoms with E-state index in [2.05, 4.69) is 81.5 Å². The Hall–Kier alpha value is -5.23. The molecule has 0 aromatic carbocycles. The van der Waals surface area contributed by atoms with Crippen molar-refractivity contribution in [1.29, 1.82) is 0 Å². The highest BCUT2D eigenvalue weighted by Gasteiger charge is 2.19. The van der Waals surface area contributed by atoms with Crippen LogP contribution in [0.3, 0.4) is 0 Å². The lowest BCUT2D eigenvalue weighted by molar-refractivity contribution is -0.167. The lowest BCUT2D eigenvalue weighted by atomic mass is 10.1. The molecule has 0 saturated heterocycles. The first-order valence-corrected chi connectivity index (χ1v) is 25.3. The summed E-state index contributed by atoms with van der Waals surface area (Å²) in [5.41, 5.74) is 0. The predicted molar refractivity (Wildman–Crippen MR) is 283 cm³/mol. The van der Waals surface area contributed by atoms with Crippen molar-refractivity contribution in [3.05, 3.63) is 170 Å². The van der Waals surface area contributed by atoms with Crippen LogP contribution in [0.2, 0.25) is 0 Å². The summed E-state index contributed by atoms with van der Waals surface area (Å²) in [6.07, 6.45) is 77.5. The van der Waals surface area contributed by atoms with Gasteiger partial charge in [-0.2, -0.15) is 0 Å². The van der Waals surface area contributed by atoms with Gasteiger partial charge in [-0.15, -0.1) is 0 Å². The molecule has 6 nitrogen and oxygen atoms in total. The van der Waals surface area contributed by atoms with E-state index in [4.69, 9.17) is 14.2 Å². The Kier molecular flexibility index (Phi) is 48.2. The SMILES string of the molecule is CC\C=C/C=C\C=C/C=C\C=C\C=C/C=C\CCCCCC(=O)OCC(COC(=O)CCCCC/C=C\C=C/CCCC)OC(=O)CCCCCCC\C=C/C=C\C=C/C=C\C=C/CCC. The largest absolute Gasteiger partial charge is 0.462 e. The van der Waals surface area contributed by atoms with Gasteiger partial charge < -0.3 is 14.2 Å². The quantitative estimate of drug-likeness (QED) is 0.0263. The average Bonchev–Trinajstić information content (AvgIpc) is 3.31. The molecule has 0 fully saturated rings. The molecule has 0 aliphatic rings. The summed E-state index contributed by atoms with van der Waals surface area (Å²) >= 11 is 0. The van der Waals surface area contributed by atoms with Gasteiger partial charge in [-0.3, -0.25) is 14.4 Å². The van der Waals surface area contributed by atoms with E-state index in [-0.39, 0.29) is 44.0 Å². The van der Waals surface area contributed by atoms with E-state index < -0.39 is 6.10 Å². The Morgan fingerprint density at radius 2 is 0.621 bits per heavy atom. The molecule has 0 aliphatic carbocycles. The van der Waals surface area contributed by atoms with E-state index >= 15 is 0 Å². The highest BCUT2D eigenvalue weighted by Crippen LogP contribution is 2.12. The maximum Gasteiger partial charge on any atom is 0.306 e. The van der Waals surface area contributed by atoms with E-state index in [9.17, 15) is 14.4 Å². The van der Waals surface area contributed by atoms with Crippen LogP contribution in [0.4, 0.5) is 0 Å². The van der Waals surface area contributed by atoms with Gasteiger partial charge in [0.2, 0.25) is 0 Å². The Bertz CT molecular complexity index is 1600. The molecule has 0 saturated carbocycles. The molecule has 0 aliphatic heterocycles. The molecule has 0 rings (SSSR count). The van der Waals surface area contributed by atoms with Gasteiger partial charge in [-0.25, -0.2) is 0 Å². The molecule has 0 N–H and O–H groups in total. The molecule has 0 radical (unpaired) electrons. The summed E-state index contributed by atoms with van der Waals surface area (Å²) in [6, 6.07) is 0. The molecule has 6 heteroatoms. The summed E-state index contributed by atoms with van der Waals surface area (Å²) in [5, 5.41) is 0. The van der Waals surface area contributed by atoms with Gasteiger partial charge in [-0.05, 0) is 77.0 Å². The van der Waals surface area contributed by atoms with Crippen LogP contribution in [0, 0.1) is 0 Å². The van der Waals surface area contributed by atoms with Gasteiger partial charge in [-0.1, -0.05) is 242 Å². The van der Waals surface area contributed by atoms with Crippen LogP contribution in [-0.2, 0) is 28.6 Å². The third-order valence-corrected chi connectivity index (χ3v) is 9.76. The van der Waals surface area contributed by atoms with E-state index in [1.807, 2.05) is 109 Å². The van der Waals surface area contributed by atoms with Crippen LogP contribution in [-0.4, -0.2) is 37.2 Å². The van der Waals surface area contributed by atoms with Crippen molar-refractivity contribution in [2.24, 2.45) is 0 Å². The van der Waals surface area contributed by atoms with E-state index in [1.54, 1.807) is 0 Å². The number of hydrogen-bond donors (Lipinski definition) is 0. The molecular formula is C60H88O6. The van der Waals surface area contributed by atoms with Gasteiger partial charge in [0.05, 0.1) is 0 Å². The van der Waals surface area contributed by atoms with Crippen molar-refractivity contribution in [3.8, 4) is 0 Å². The van der Waals surface area contributed by atoms with Crippen LogP contribution in [0.15, 0.2) is 170 Å². The summed E-state index contributed by atoms with van der Waals surface area (Å²) in [4.78, 5) is 38.0. The second-order valence-corrected chi connectivity index (χ2v) is 16.0. The molecule has 0 aromatic heterocycles. The molecular weight excluding hydrogens is 817 g/mol. The fraction of sp³-hybridized carbons (Fsp3) is 0.483. The van der Waals surface area contributed by atoms with E-state index in [0.717, 1.165) is 103 Å². The second-order valence-electron chi connectivity index (χ2n) is 16.0. The average molecular weight is 905 g/mol. The number of rotatable bonds is 42. The minimum atomic E-state index is -0.831. The van der Waals surface area contributed by atoms with Crippen LogP contribution in [0.1, 0.15) is 168 Å². The van der Waals surface area contributed by atoms with Crippen molar-refractivity contribution < 1.29 is 28.6 Å². The Morgan fingerprint density at radius 3 is 1.02 bits per heavy atom. The monoisotopic (exact) mass is 905 g/mol. The highest BCUT2D eigenvalue weighted by molar-refractivity contribution is 5.71. The molecule has 0 amide bonds. The number of allylic oxidation sites excluding steroid dienone is 28. The zero-order valence-electron chi connectivity index (χ0n) is 41.4. The van der Waals surface area contributed by atoms with Crippen molar-refractivity contribution in [1.82, 2.24) is 0 Å². The smallest absolute Gasteiger partial charge is 0.306 e. The topological polar surface area (TPSA) is 78.9 Å². The number of unbranched alkanes of at least 4 members (excludes halogenated alkanes) is 14. The number of hydrogen-bond acceptors (Lipinski definition) is 6. The first-order chi connectivity index (χ1) is 32.5. The van der Waals surface area contributed by atoms with Gasteiger partial charge in [0.1, 0.15) is 13.2 Å². The molecule has 0 bridgehead atoms. The fourth-order valence-electron chi connectivity index (χ4n) is 5.96. The zero-order chi connectivity index (χ0) is 47.9. The van der Waals surface area contributed by atoms with Gasteiger partial charge in [0.25, 0.3) is 0 Å². The van der Waals surface area contributed by atoms with E-state index in [0.29, 0.717) is 12.8 Å². The number of carbonyl (C=O) groups excluding carboxylic acids is 3. The maximum atomic E-state index is 12.8. The van der Waals surface area contributed by atoms with Crippen LogP contribution >= 0.6 is 0 Å². The van der Waals surface area contributed by atoms with Crippen molar-refractivity contribution in [2.75, 3.05) is 13.2 Å². The minimum Gasteiger partial charge on any atom is -0.462 e. The highest BCUT2D eigenvalue weighted by atomic mass is 16.6. The van der Waals surface area contributed by atoms with Crippen molar-refractivity contribution in [2.45, 2.75) is 175 Å². The summed E-state index contributed by atoms with van der Waals surface area (Å²) < 4.78 is 16.7.